The Morgan fingerprint density at radius 3 is 2.20 bits per heavy atom. The van der Waals surface area contributed by atoms with Gasteiger partial charge in [0.05, 0.1) is 16.5 Å². The molecule has 138 valence electrons. The van der Waals surface area contributed by atoms with E-state index in [4.69, 9.17) is 0 Å². The number of rotatable bonds is 3. The molecule has 0 aliphatic heterocycles. The second-order valence-corrected chi connectivity index (χ2v) is 6.66. The predicted molar refractivity (Wildman–Crippen MR) is 75.7 cm³/mol. The zero-order valence-electron chi connectivity index (χ0n) is 12.8. The average molecular weight is 388 g/mol. The third kappa shape index (κ3) is 4.39. The zero-order valence-corrected chi connectivity index (χ0v) is 13.6. The Hall–Kier alpha value is -1.91. The Balaban J connectivity index is 2.55. The van der Waals surface area contributed by atoms with Gasteiger partial charge in [-0.05, 0) is 30.7 Å². The van der Waals surface area contributed by atoms with Crippen molar-refractivity contribution in [3.63, 3.8) is 0 Å². The van der Waals surface area contributed by atoms with Crippen LogP contribution in [-0.2, 0) is 24.0 Å². The summed E-state index contributed by atoms with van der Waals surface area (Å²) in [7, 11) is -1.38. The number of hydrogen-bond donors (Lipinski definition) is 0. The highest BCUT2D eigenvalue weighted by Gasteiger charge is 2.35. The van der Waals surface area contributed by atoms with Gasteiger partial charge >= 0.3 is 12.4 Å². The molecule has 1 heterocycles. The minimum atomic E-state index is -4.76. The van der Waals surface area contributed by atoms with Gasteiger partial charge in [-0.15, -0.1) is 0 Å². The van der Waals surface area contributed by atoms with E-state index < -0.39 is 46.0 Å². The maximum Gasteiger partial charge on any atom is 0.435 e. The van der Waals surface area contributed by atoms with Crippen LogP contribution in [0.1, 0.15) is 11.3 Å². The van der Waals surface area contributed by atoms with Gasteiger partial charge in [0.1, 0.15) is 11.6 Å². The van der Waals surface area contributed by atoms with Crippen LogP contribution in [-0.4, -0.2) is 25.9 Å². The standard InChI is InChI=1S/C14H11F7N2OS/c1-7-3-9(15)8(4-11(7)25(24)6-13(16,17)18)10-5-12(14(19,20)21)22-23(10)2/h3-5H,6H2,1-2H3. The van der Waals surface area contributed by atoms with E-state index in [-0.39, 0.29) is 16.2 Å². The largest absolute Gasteiger partial charge is 0.435 e. The van der Waals surface area contributed by atoms with Gasteiger partial charge in [-0.3, -0.25) is 8.89 Å². The van der Waals surface area contributed by atoms with Gasteiger partial charge in [-0.1, -0.05) is 0 Å². The molecule has 3 nitrogen and oxygen atoms in total. The Kier molecular flexibility index (Phi) is 4.99. The summed E-state index contributed by atoms with van der Waals surface area (Å²) in [5.41, 5.74) is -1.98. The van der Waals surface area contributed by atoms with Crippen molar-refractivity contribution in [2.24, 2.45) is 7.05 Å². The molecule has 0 spiro atoms. The number of nitrogens with zero attached hydrogens (tertiary/aromatic N) is 2. The first kappa shape index (κ1) is 19.4. The third-order valence-corrected chi connectivity index (χ3v) is 4.77. The highest BCUT2D eigenvalue weighted by molar-refractivity contribution is 7.85. The van der Waals surface area contributed by atoms with Crippen LogP contribution in [0, 0.1) is 12.7 Å². The molecule has 0 saturated carbocycles. The average Bonchev–Trinajstić information content (AvgIpc) is 2.78. The van der Waals surface area contributed by atoms with Gasteiger partial charge in [0.25, 0.3) is 0 Å². The lowest BCUT2D eigenvalue weighted by molar-refractivity contribution is -0.141. The smallest absolute Gasteiger partial charge is 0.267 e. The van der Waals surface area contributed by atoms with Gasteiger partial charge in [0, 0.05) is 17.5 Å². The van der Waals surface area contributed by atoms with Crippen molar-refractivity contribution in [3.05, 3.63) is 35.3 Å². The summed E-state index contributed by atoms with van der Waals surface area (Å²) in [6.07, 6.45) is -9.47. The first-order chi connectivity index (χ1) is 11.3. The molecule has 0 bridgehead atoms. The van der Waals surface area contributed by atoms with Crippen molar-refractivity contribution in [3.8, 4) is 11.3 Å². The normalized spacial score (nSPS) is 14.0. The monoisotopic (exact) mass is 388 g/mol. The second-order valence-electron chi connectivity index (χ2n) is 5.24. The molecule has 0 fully saturated rings. The molecule has 1 unspecified atom stereocenters. The number of aryl methyl sites for hydroxylation is 2. The van der Waals surface area contributed by atoms with Gasteiger partial charge in [0.2, 0.25) is 0 Å². The van der Waals surface area contributed by atoms with Crippen LogP contribution >= 0.6 is 0 Å². The van der Waals surface area contributed by atoms with E-state index in [1.807, 2.05) is 0 Å². The summed E-state index contributed by atoms with van der Waals surface area (Å²) in [5.74, 6) is -2.60. The first-order valence-electron chi connectivity index (χ1n) is 6.66. The van der Waals surface area contributed by atoms with Gasteiger partial charge < -0.3 is 0 Å². The highest BCUT2D eigenvalue weighted by Crippen LogP contribution is 2.34. The lowest BCUT2D eigenvalue weighted by atomic mass is 10.1. The molecule has 0 radical (unpaired) electrons. The fraction of sp³-hybridized carbons (Fsp3) is 0.357. The number of alkyl halides is 6. The maximum absolute atomic E-state index is 14.2. The summed E-state index contributed by atoms with van der Waals surface area (Å²) in [6.45, 7) is 1.26. The highest BCUT2D eigenvalue weighted by atomic mass is 32.2. The lowest BCUT2D eigenvalue weighted by Crippen LogP contribution is -2.19. The molecule has 0 aliphatic rings. The SMILES string of the molecule is Cc1cc(F)c(-c2cc(C(F)(F)F)nn2C)cc1S(=O)CC(F)(F)F. The van der Waals surface area contributed by atoms with E-state index in [0.717, 1.165) is 23.9 Å². The number of aromatic nitrogens is 2. The summed E-state index contributed by atoms with van der Waals surface area (Å²) in [4.78, 5) is -0.302. The van der Waals surface area contributed by atoms with Crippen molar-refractivity contribution in [1.82, 2.24) is 9.78 Å². The molecule has 2 rings (SSSR count). The van der Waals surface area contributed by atoms with E-state index in [1.165, 1.54) is 6.92 Å². The molecule has 2 aromatic rings. The second kappa shape index (κ2) is 6.43. The van der Waals surface area contributed by atoms with Gasteiger partial charge in [-0.2, -0.15) is 31.4 Å². The molecule has 11 heteroatoms. The van der Waals surface area contributed by atoms with Gasteiger partial charge in [-0.25, -0.2) is 4.39 Å². The van der Waals surface area contributed by atoms with Crippen LogP contribution in [0.5, 0.6) is 0 Å². The molecule has 25 heavy (non-hydrogen) atoms. The van der Waals surface area contributed by atoms with E-state index >= 15 is 0 Å². The molecule has 1 aromatic heterocycles. The van der Waals surface area contributed by atoms with E-state index in [9.17, 15) is 34.9 Å². The van der Waals surface area contributed by atoms with E-state index in [0.29, 0.717) is 6.07 Å². The predicted octanol–water partition coefficient (Wildman–Crippen LogP) is 4.22. The molecular weight excluding hydrogens is 377 g/mol. The van der Waals surface area contributed by atoms with Crippen molar-refractivity contribution in [2.45, 2.75) is 24.2 Å². The quantitative estimate of drug-likeness (QED) is 0.738. The van der Waals surface area contributed by atoms with E-state index in [1.54, 1.807) is 0 Å². The lowest BCUT2D eigenvalue weighted by Gasteiger charge is -2.12. The molecule has 1 atom stereocenters. The minimum absolute atomic E-state index is 0.00189. The van der Waals surface area contributed by atoms with Crippen LogP contribution in [0.2, 0.25) is 0 Å². The maximum atomic E-state index is 14.2. The molecule has 0 N–H and O–H groups in total. The minimum Gasteiger partial charge on any atom is -0.267 e. The van der Waals surface area contributed by atoms with Crippen LogP contribution in [0.3, 0.4) is 0 Å². The Bertz CT molecular complexity index is 824. The number of benzene rings is 1. The molecule has 0 amide bonds. The zero-order chi connectivity index (χ0) is 19.2. The van der Waals surface area contributed by atoms with Crippen LogP contribution < -0.4 is 0 Å². The van der Waals surface area contributed by atoms with Crippen molar-refractivity contribution in [2.75, 3.05) is 5.75 Å². The Morgan fingerprint density at radius 1 is 1.12 bits per heavy atom. The summed E-state index contributed by atoms with van der Waals surface area (Å²) in [6, 6.07) is 2.27. The van der Waals surface area contributed by atoms with Crippen molar-refractivity contribution >= 4 is 10.8 Å². The Morgan fingerprint density at radius 2 is 1.72 bits per heavy atom. The van der Waals surface area contributed by atoms with Crippen molar-refractivity contribution in [1.29, 1.82) is 0 Å². The summed E-state index contributed by atoms with van der Waals surface area (Å²) < 4.78 is 102. The summed E-state index contributed by atoms with van der Waals surface area (Å²) in [5, 5.41) is 3.22. The van der Waals surface area contributed by atoms with E-state index in [2.05, 4.69) is 5.10 Å². The first-order valence-corrected chi connectivity index (χ1v) is 7.98. The number of halogens is 7. The van der Waals surface area contributed by atoms with Gasteiger partial charge in [0.15, 0.2) is 5.69 Å². The van der Waals surface area contributed by atoms with Crippen LogP contribution in [0.15, 0.2) is 23.1 Å². The topological polar surface area (TPSA) is 34.9 Å². The fourth-order valence-electron chi connectivity index (χ4n) is 2.18. The van der Waals surface area contributed by atoms with Crippen LogP contribution in [0.4, 0.5) is 30.7 Å². The third-order valence-electron chi connectivity index (χ3n) is 3.25. The summed E-state index contributed by atoms with van der Waals surface area (Å²) >= 11 is 0. The van der Waals surface area contributed by atoms with Crippen LogP contribution in [0.25, 0.3) is 11.3 Å². The molecular formula is C14H11F7N2OS. The molecule has 0 saturated heterocycles. The fourth-order valence-corrected chi connectivity index (χ4v) is 3.30. The van der Waals surface area contributed by atoms with Crippen molar-refractivity contribution < 1.29 is 34.9 Å². The number of hydrogen-bond acceptors (Lipinski definition) is 2. The Labute approximate surface area is 139 Å². The molecule has 0 aliphatic carbocycles. The molecule has 1 aromatic carbocycles.